The fourth-order valence-corrected chi connectivity index (χ4v) is 2.60. The summed E-state index contributed by atoms with van der Waals surface area (Å²) in [6.45, 7) is 9.03. The van der Waals surface area contributed by atoms with Crippen LogP contribution in [0.3, 0.4) is 0 Å². The van der Waals surface area contributed by atoms with Gasteiger partial charge in [-0.2, -0.15) is 0 Å². The first kappa shape index (κ1) is 16.6. The first-order chi connectivity index (χ1) is 10.7. The van der Waals surface area contributed by atoms with E-state index in [0.29, 0.717) is 0 Å². The van der Waals surface area contributed by atoms with E-state index in [1.165, 1.54) is 5.56 Å². The molecule has 1 fully saturated rings. The van der Waals surface area contributed by atoms with Crippen LogP contribution in [-0.2, 0) is 6.42 Å². The van der Waals surface area contributed by atoms with Crippen LogP contribution in [0.25, 0.3) is 0 Å². The Morgan fingerprint density at radius 3 is 2.41 bits per heavy atom. The van der Waals surface area contributed by atoms with Crippen molar-refractivity contribution in [2.75, 3.05) is 39.5 Å². The number of amides is 2. The summed E-state index contributed by atoms with van der Waals surface area (Å²) in [6, 6.07) is 8.02. The Labute approximate surface area is 133 Å². The second kappa shape index (κ2) is 8.63. The van der Waals surface area contributed by atoms with Gasteiger partial charge in [0.2, 0.25) is 0 Å². The van der Waals surface area contributed by atoms with Crippen molar-refractivity contribution in [1.82, 2.24) is 15.1 Å². The molecule has 22 heavy (non-hydrogen) atoms. The zero-order valence-corrected chi connectivity index (χ0v) is 13.7. The number of rotatable bonds is 6. The van der Waals surface area contributed by atoms with E-state index < -0.39 is 0 Å². The number of nitrogens with zero attached hydrogens (tertiary/aromatic N) is 2. The predicted octanol–water partition coefficient (Wildman–Crippen LogP) is 2.32. The molecule has 0 aliphatic carbocycles. The summed E-state index contributed by atoms with van der Waals surface area (Å²) in [7, 11) is 0. The topological polar surface area (TPSA) is 44.8 Å². The summed E-state index contributed by atoms with van der Waals surface area (Å²) in [4.78, 5) is 16.2. The van der Waals surface area contributed by atoms with E-state index in [1.807, 2.05) is 17.0 Å². The number of piperazine rings is 1. The molecule has 2 amide bonds. The van der Waals surface area contributed by atoms with Crippen molar-refractivity contribution < 1.29 is 9.53 Å². The first-order valence-corrected chi connectivity index (χ1v) is 8.19. The van der Waals surface area contributed by atoms with Crippen LogP contribution < -0.4 is 10.1 Å². The molecule has 1 aromatic rings. The van der Waals surface area contributed by atoms with Gasteiger partial charge in [0, 0.05) is 26.2 Å². The third-order valence-corrected chi connectivity index (χ3v) is 4.03. The van der Waals surface area contributed by atoms with E-state index in [-0.39, 0.29) is 12.8 Å². The lowest BCUT2D eigenvalue weighted by Gasteiger charge is -2.33. The molecule has 1 aliphatic heterocycles. The van der Waals surface area contributed by atoms with Gasteiger partial charge < -0.3 is 19.9 Å². The second-order valence-corrected chi connectivity index (χ2v) is 5.59. The summed E-state index contributed by atoms with van der Waals surface area (Å²) in [5.74, 6) is 0.788. The predicted molar refractivity (Wildman–Crippen MR) is 88.2 cm³/mol. The van der Waals surface area contributed by atoms with Gasteiger partial charge in [-0.25, -0.2) is 4.79 Å². The molecule has 122 valence electrons. The molecule has 0 bridgehead atoms. The van der Waals surface area contributed by atoms with Crippen LogP contribution in [0, 0.1) is 0 Å². The number of aryl methyl sites for hydroxylation is 1. The van der Waals surface area contributed by atoms with Gasteiger partial charge >= 0.3 is 6.03 Å². The van der Waals surface area contributed by atoms with Crippen LogP contribution in [-0.4, -0.2) is 55.3 Å². The van der Waals surface area contributed by atoms with Crippen LogP contribution in [0.15, 0.2) is 24.3 Å². The van der Waals surface area contributed by atoms with Crippen LogP contribution in [0.2, 0.25) is 0 Å². The summed E-state index contributed by atoms with van der Waals surface area (Å²) in [6.07, 6.45) is 2.22. The Balaban J connectivity index is 1.68. The van der Waals surface area contributed by atoms with E-state index in [4.69, 9.17) is 4.74 Å². The fraction of sp³-hybridized carbons (Fsp3) is 0.588. The van der Waals surface area contributed by atoms with Crippen molar-refractivity contribution in [2.45, 2.75) is 26.7 Å². The Bertz CT molecular complexity index is 453. The third-order valence-electron chi connectivity index (χ3n) is 4.03. The van der Waals surface area contributed by atoms with E-state index in [2.05, 4.69) is 36.2 Å². The molecular formula is C17H27N3O2. The maximum absolute atomic E-state index is 12.0. The number of likely N-dealkylation sites (N-methyl/N-ethyl adjacent to an activating group) is 1. The van der Waals surface area contributed by atoms with Gasteiger partial charge in [0.05, 0.1) is 0 Å². The lowest BCUT2D eigenvalue weighted by Crippen LogP contribution is -2.52. The summed E-state index contributed by atoms with van der Waals surface area (Å²) in [5, 5.41) is 2.82. The number of carbonyl (C=O) groups excluding carboxylic acids is 1. The monoisotopic (exact) mass is 305 g/mol. The maximum Gasteiger partial charge on any atom is 0.320 e. The SMILES string of the molecule is CCCc1ccc(OCNC(=O)N2CCN(CC)CC2)cc1. The molecule has 0 saturated carbocycles. The number of urea groups is 1. The molecule has 0 atom stereocenters. The molecule has 5 nitrogen and oxygen atoms in total. The van der Waals surface area contributed by atoms with E-state index in [0.717, 1.165) is 51.3 Å². The van der Waals surface area contributed by atoms with Gasteiger partial charge in [-0.15, -0.1) is 0 Å². The highest BCUT2D eigenvalue weighted by atomic mass is 16.5. The van der Waals surface area contributed by atoms with Gasteiger partial charge in [-0.3, -0.25) is 0 Å². The minimum absolute atomic E-state index is 0.0432. The summed E-state index contributed by atoms with van der Waals surface area (Å²) >= 11 is 0. The second-order valence-electron chi connectivity index (χ2n) is 5.59. The molecule has 1 heterocycles. The quantitative estimate of drug-likeness (QED) is 0.820. The van der Waals surface area contributed by atoms with Gasteiger partial charge in [0.1, 0.15) is 5.75 Å². The lowest BCUT2D eigenvalue weighted by atomic mass is 10.1. The first-order valence-electron chi connectivity index (χ1n) is 8.19. The van der Waals surface area contributed by atoms with E-state index in [1.54, 1.807) is 0 Å². The highest BCUT2D eigenvalue weighted by Gasteiger charge is 2.19. The van der Waals surface area contributed by atoms with Crippen molar-refractivity contribution in [3.05, 3.63) is 29.8 Å². The largest absolute Gasteiger partial charge is 0.473 e. The molecule has 2 rings (SSSR count). The zero-order chi connectivity index (χ0) is 15.8. The Morgan fingerprint density at radius 2 is 1.82 bits per heavy atom. The molecule has 0 aromatic heterocycles. The fourth-order valence-electron chi connectivity index (χ4n) is 2.60. The van der Waals surface area contributed by atoms with Crippen molar-refractivity contribution in [3.8, 4) is 5.75 Å². The van der Waals surface area contributed by atoms with Gasteiger partial charge in [-0.1, -0.05) is 32.4 Å². The highest BCUT2D eigenvalue weighted by molar-refractivity contribution is 5.74. The molecule has 1 aliphatic rings. The number of benzene rings is 1. The Morgan fingerprint density at radius 1 is 1.14 bits per heavy atom. The Kier molecular flexibility index (Phi) is 6.52. The van der Waals surface area contributed by atoms with Crippen LogP contribution >= 0.6 is 0 Å². The normalized spacial score (nSPS) is 15.6. The number of ether oxygens (including phenoxy) is 1. The van der Waals surface area contributed by atoms with Crippen molar-refractivity contribution in [3.63, 3.8) is 0 Å². The van der Waals surface area contributed by atoms with Gasteiger partial charge in [0.15, 0.2) is 6.73 Å². The number of hydrogen-bond acceptors (Lipinski definition) is 3. The van der Waals surface area contributed by atoms with Crippen LogP contribution in [0.5, 0.6) is 5.75 Å². The molecular weight excluding hydrogens is 278 g/mol. The Hall–Kier alpha value is -1.75. The third kappa shape index (κ3) is 4.91. The molecule has 1 aromatic carbocycles. The number of carbonyl (C=O) groups is 1. The van der Waals surface area contributed by atoms with E-state index in [9.17, 15) is 4.79 Å². The summed E-state index contributed by atoms with van der Waals surface area (Å²) in [5.41, 5.74) is 1.31. The molecule has 0 radical (unpaired) electrons. The van der Waals surface area contributed by atoms with Crippen molar-refractivity contribution >= 4 is 6.03 Å². The highest BCUT2D eigenvalue weighted by Crippen LogP contribution is 2.13. The maximum atomic E-state index is 12.0. The molecule has 0 spiro atoms. The number of hydrogen-bond donors (Lipinski definition) is 1. The minimum Gasteiger partial charge on any atom is -0.473 e. The molecule has 1 N–H and O–H groups in total. The average Bonchev–Trinajstić information content (AvgIpc) is 2.56. The number of nitrogens with one attached hydrogen (secondary N) is 1. The lowest BCUT2D eigenvalue weighted by molar-refractivity contribution is 0.137. The molecule has 1 saturated heterocycles. The minimum atomic E-state index is -0.0432. The van der Waals surface area contributed by atoms with Crippen molar-refractivity contribution in [1.29, 1.82) is 0 Å². The van der Waals surface area contributed by atoms with Gasteiger partial charge in [-0.05, 0) is 30.7 Å². The average molecular weight is 305 g/mol. The van der Waals surface area contributed by atoms with Crippen LogP contribution in [0.1, 0.15) is 25.8 Å². The van der Waals surface area contributed by atoms with Crippen LogP contribution in [0.4, 0.5) is 4.79 Å². The smallest absolute Gasteiger partial charge is 0.320 e. The van der Waals surface area contributed by atoms with Crippen molar-refractivity contribution in [2.24, 2.45) is 0 Å². The van der Waals surface area contributed by atoms with Gasteiger partial charge in [0.25, 0.3) is 0 Å². The summed E-state index contributed by atoms with van der Waals surface area (Å²) < 4.78 is 5.57. The van der Waals surface area contributed by atoms with E-state index >= 15 is 0 Å². The standard InChI is InChI=1S/C17H27N3O2/c1-3-5-15-6-8-16(9-7-15)22-14-18-17(21)20-12-10-19(4-2)11-13-20/h6-9H,3-5,10-14H2,1-2H3,(H,18,21). The molecule has 5 heteroatoms. The molecule has 0 unspecified atom stereocenters. The zero-order valence-electron chi connectivity index (χ0n) is 13.7.